The lowest BCUT2D eigenvalue weighted by molar-refractivity contribution is -0.118. The van der Waals surface area contributed by atoms with E-state index in [2.05, 4.69) is 21.4 Å². The predicted octanol–water partition coefficient (Wildman–Crippen LogP) is 4.94. The van der Waals surface area contributed by atoms with Gasteiger partial charge in [-0.25, -0.2) is 0 Å². The molecule has 1 aliphatic heterocycles. The first-order valence-corrected chi connectivity index (χ1v) is 9.86. The molecule has 1 unspecified atom stereocenters. The molecule has 5 nitrogen and oxygen atoms in total. The molecule has 5 aromatic rings. The van der Waals surface area contributed by atoms with Crippen molar-refractivity contribution in [1.29, 1.82) is 0 Å². The van der Waals surface area contributed by atoms with E-state index in [1.165, 1.54) is 0 Å². The minimum atomic E-state index is -0.985. The number of rotatable bonds is 3. The summed E-state index contributed by atoms with van der Waals surface area (Å²) in [7, 11) is 1.65. The average Bonchev–Trinajstić information content (AvgIpc) is 3.47. The Balaban J connectivity index is 1.78. The van der Waals surface area contributed by atoms with Crippen molar-refractivity contribution in [3.63, 3.8) is 0 Å². The molecule has 0 saturated carbocycles. The van der Waals surface area contributed by atoms with E-state index in [9.17, 15) is 4.79 Å². The molecular weight excluding hydrogens is 374 g/mol. The highest BCUT2D eigenvalue weighted by Gasteiger charge is 2.52. The number of nitrogens with one attached hydrogen (secondary N) is 3. The average molecular weight is 393 g/mol. The van der Waals surface area contributed by atoms with Crippen LogP contribution >= 0.6 is 0 Å². The van der Waals surface area contributed by atoms with Crippen LogP contribution < -0.4 is 10.1 Å². The van der Waals surface area contributed by atoms with Crippen molar-refractivity contribution in [1.82, 2.24) is 9.97 Å². The van der Waals surface area contributed by atoms with Crippen LogP contribution in [-0.2, 0) is 10.2 Å². The first-order chi connectivity index (χ1) is 14.7. The molecule has 0 aliphatic carbocycles. The molecule has 3 N–H and O–H groups in total. The summed E-state index contributed by atoms with van der Waals surface area (Å²) in [6.07, 6.45) is 3.92. The van der Waals surface area contributed by atoms with Crippen molar-refractivity contribution in [2.45, 2.75) is 5.41 Å². The Morgan fingerprint density at radius 1 is 0.767 bits per heavy atom. The summed E-state index contributed by atoms with van der Waals surface area (Å²) < 4.78 is 5.48. The summed E-state index contributed by atoms with van der Waals surface area (Å²) >= 11 is 0. The summed E-state index contributed by atoms with van der Waals surface area (Å²) in [4.78, 5) is 20.5. The smallest absolute Gasteiger partial charge is 0.244 e. The molecule has 5 heteroatoms. The summed E-state index contributed by atoms with van der Waals surface area (Å²) in [5.74, 6) is 0.696. The van der Waals surface area contributed by atoms with Gasteiger partial charge in [0.05, 0.1) is 7.11 Å². The number of carbonyl (C=O) groups excluding carboxylic acids is 1. The van der Waals surface area contributed by atoms with E-state index in [1.807, 2.05) is 73.1 Å². The van der Waals surface area contributed by atoms with Crippen molar-refractivity contribution in [3.05, 3.63) is 95.8 Å². The van der Waals surface area contributed by atoms with Gasteiger partial charge in [-0.3, -0.25) is 4.79 Å². The van der Waals surface area contributed by atoms with Gasteiger partial charge in [0.15, 0.2) is 0 Å². The quantitative estimate of drug-likeness (QED) is 0.406. The number of ether oxygens (including phenoxy) is 1. The van der Waals surface area contributed by atoms with Crippen LogP contribution in [0.4, 0.5) is 5.69 Å². The highest BCUT2D eigenvalue weighted by molar-refractivity contribution is 6.15. The second-order valence-corrected chi connectivity index (χ2v) is 7.61. The van der Waals surface area contributed by atoms with Crippen LogP contribution in [0.25, 0.3) is 21.8 Å². The lowest BCUT2D eigenvalue weighted by atomic mass is 9.70. The molecular formula is C25H19N3O2. The van der Waals surface area contributed by atoms with Crippen LogP contribution in [0.15, 0.2) is 79.1 Å². The van der Waals surface area contributed by atoms with E-state index < -0.39 is 5.41 Å². The number of amides is 1. The van der Waals surface area contributed by atoms with Crippen LogP contribution in [0, 0.1) is 0 Å². The highest BCUT2D eigenvalue weighted by Crippen LogP contribution is 2.51. The van der Waals surface area contributed by atoms with Gasteiger partial charge in [-0.05, 0) is 30.3 Å². The Hall–Kier alpha value is -3.99. The van der Waals surface area contributed by atoms with Crippen LogP contribution in [0.1, 0.15) is 16.7 Å². The van der Waals surface area contributed by atoms with Crippen molar-refractivity contribution < 1.29 is 9.53 Å². The number of carbonyl (C=O) groups is 1. The fraction of sp³-hybridized carbons (Fsp3) is 0.0800. The fourth-order valence-electron chi connectivity index (χ4n) is 4.86. The lowest BCUT2D eigenvalue weighted by Crippen LogP contribution is -2.36. The number of para-hydroxylation sites is 2. The largest absolute Gasteiger partial charge is 0.497 e. The van der Waals surface area contributed by atoms with Crippen molar-refractivity contribution >= 4 is 33.4 Å². The Kier molecular flexibility index (Phi) is 3.39. The van der Waals surface area contributed by atoms with Gasteiger partial charge in [0.25, 0.3) is 0 Å². The normalized spacial score (nSPS) is 18.0. The number of fused-ring (bicyclic) bond motifs is 3. The number of H-pyrrole nitrogens is 2. The van der Waals surface area contributed by atoms with Gasteiger partial charge in [0.1, 0.15) is 11.2 Å². The van der Waals surface area contributed by atoms with Crippen LogP contribution in [-0.4, -0.2) is 23.0 Å². The zero-order valence-corrected chi connectivity index (χ0v) is 16.3. The molecule has 30 heavy (non-hydrogen) atoms. The molecule has 0 saturated heterocycles. The van der Waals surface area contributed by atoms with Crippen LogP contribution in [0.3, 0.4) is 0 Å². The molecule has 0 fully saturated rings. The molecule has 0 bridgehead atoms. The first kappa shape index (κ1) is 16.9. The van der Waals surface area contributed by atoms with Gasteiger partial charge in [0.2, 0.25) is 5.91 Å². The topological polar surface area (TPSA) is 69.9 Å². The number of benzene rings is 3. The van der Waals surface area contributed by atoms with Gasteiger partial charge in [0, 0.05) is 56.6 Å². The highest BCUT2D eigenvalue weighted by atomic mass is 16.5. The zero-order chi connectivity index (χ0) is 20.3. The predicted molar refractivity (Wildman–Crippen MR) is 118 cm³/mol. The number of aromatic nitrogens is 2. The van der Waals surface area contributed by atoms with Crippen LogP contribution in [0.2, 0.25) is 0 Å². The van der Waals surface area contributed by atoms with Gasteiger partial charge in [-0.15, -0.1) is 0 Å². The third-order valence-electron chi connectivity index (χ3n) is 6.21. The third-order valence-corrected chi connectivity index (χ3v) is 6.21. The molecule has 1 aliphatic rings. The van der Waals surface area contributed by atoms with E-state index in [-0.39, 0.29) is 5.91 Å². The second-order valence-electron chi connectivity index (χ2n) is 7.61. The summed E-state index contributed by atoms with van der Waals surface area (Å²) in [6, 6.07) is 21.9. The molecule has 1 amide bonds. The molecule has 0 spiro atoms. The molecule has 3 heterocycles. The van der Waals surface area contributed by atoms with Gasteiger partial charge in [-0.1, -0.05) is 36.4 Å². The molecule has 1 atom stereocenters. The van der Waals surface area contributed by atoms with Crippen molar-refractivity contribution in [2.75, 3.05) is 12.4 Å². The number of hydrogen-bond acceptors (Lipinski definition) is 2. The Bertz CT molecular complexity index is 1450. The minimum absolute atomic E-state index is 0.0582. The Morgan fingerprint density at radius 2 is 1.47 bits per heavy atom. The summed E-state index contributed by atoms with van der Waals surface area (Å²) in [5.41, 5.74) is 4.60. The molecule has 0 radical (unpaired) electrons. The van der Waals surface area contributed by atoms with Gasteiger partial charge in [-0.2, -0.15) is 0 Å². The summed E-state index contributed by atoms with van der Waals surface area (Å²) in [6.45, 7) is 0. The van der Waals surface area contributed by atoms with Crippen LogP contribution in [0.5, 0.6) is 5.75 Å². The monoisotopic (exact) mass is 393 g/mol. The standard InChI is InChI=1S/C25H19N3O2/c1-30-15-10-11-22-17(12-15)20(14-27-22)25(18-7-3-5-9-23(18)28-24(25)29)19-13-26-21-8-4-2-6-16(19)21/h2-14,26-27H,1H3,(H,28,29). The number of methoxy groups -OCH3 is 1. The van der Waals surface area contributed by atoms with E-state index >= 15 is 0 Å². The van der Waals surface area contributed by atoms with E-state index in [4.69, 9.17) is 4.74 Å². The number of hydrogen-bond donors (Lipinski definition) is 3. The molecule has 6 rings (SSSR count). The van der Waals surface area contributed by atoms with Crippen molar-refractivity contribution in [2.24, 2.45) is 0 Å². The Morgan fingerprint density at radius 3 is 2.30 bits per heavy atom. The maximum atomic E-state index is 13.8. The molecule has 3 aromatic carbocycles. The minimum Gasteiger partial charge on any atom is -0.497 e. The number of anilines is 1. The maximum Gasteiger partial charge on any atom is 0.244 e. The lowest BCUT2D eigenvalue weighted by Gasteiger charge is -2.27. The number of aromatic amines is 2. The van der Waals surface area contributed by atoms with Crippen molar-refractivity contribution in [3.8, 4) is 5.75 Å². The SMILES string of the molecule is COc1ccc2[nH]cc(C3(c4c[nH]c5ccccc45)C(=O)Nc4ccccc43)c2c1. The first-order valence-electron chi connectivity index (χ1n) is 9.86. The van der Waals surface area contributed by atoms with E-state index in [1.54, 1.807) is 7.11 Å². The van der Waals surface area contributed by atoms with Gasteiger partial charge >= 0.3 is 0 Å². The molecule has 146 valence electrons. The second kappa shape index (κ2) is 6.00. The maximum absolute atomic E-state index is 13.8. The van der Waals surface area contributed by atoms with E-state index in [0.717, 1.165) is 49.9 Å². The fourth-order valence-corrected chi connectivity index (χ4v) is 4.86. The molecule has 2 aromatic heterocycles. The van der Waals surface area contributed by atoms with Gasteiger partial charge < -0.3 is 20.0 Å². The summed E-state index contributed by atoms with van der Waals surface area (Å²) in [5, 5.41) is 5.12. The zero-order valence-electron chi connectivity index (χ0n) is 16.3. The third kappa shape index (κ3) is 2.04. The van der Waals surface area contributed by atoms with E-state index in [0.29, 0.717) is 0 Å². The Labute approximate surface area is 172 Å².